The van der Waals surface area contributed by atoms with Crippen molar-refractivity contribution < 1.29 is 13.2 Å². The molecule has 8 heteroatoms. The number of thiazole rings is 1. The zero-order chi connectivity index (χ0) is 14.0. The molecule has 0 aliphatic heterocycles. The van der Waals surface area contributed by atoms with Crippen LogP contribution in [0.2, 0.25) is 9.49 Å². The molecule has 0 amide bonds. The smallest absolute Gasteiger partial charge is 0.380 e. The molecule has 1 N–H and O–H groups in total. The van der Waals surface area contributed by atoms with Gasteiger partial charge < -0.3 is 5.32 Å². The zero-order valence-corrected chi connectivity index (χ0v) is 11.6. The van der Waals surface area contributed by atoms with E-state index in [0.717, 1.165) is 10.9 Å². The average molecular weight is 327 g/mol. The Bertz CT molecular complexity index is 584. The van der Waals surface area contributed by atoms with Crippen LogP contribution in [-0.2, 0) is 12.7 Å². The second-order valence-electron chi connectivity index (χ2n) is 3.63. The number of hydrogen-bond donors (Lipinski definition) is 1. The molecule has 0 unspecified atom stereocenters. The van der Waals surface area contributed by atoms with E-state index in [1.165, 1.54) is 23.5 Å². The second kappa shape index (κ2) is 5.56. The van der Waals surface area contributed by atoms with Crippen LogP contribution in [0.1, 0.15) is 10.4 Å². The average Bonchev–Trinajstić information content (AvgIpc) is 2.71. The molecule has 0 spiro atoms. The van der Waals surface area contributed by atoms with Gasteiger partial charge in [0.1, 0.15) is 0 Å². The van der Waals surface area contributed by atoms with E-state index in [1.807, 2.05) is 0 Å². The molecule has 0 aliphatic carbocycles. The van der Waals surface area contributed by atoms with E-state index in [4.69, 9.17) is 23.2 Å². The van der Waals surface area contributed by atoms with Crippen molar-refractivity contribution >= 4 is 40.2 Å². The van der Waals surface area contributed by atoms with Crippen LogP contribution in [-0.4, -0.2) is 4.98 Å². The minimum absolute atomic E-state index is 0.333. The van der Waals surface area contributed by atoms with Crippen molar-refractivity contribution in [2.75, 3.05) is 5.32 Å². The Balaban J connectivity index is 2.08. The van der Waals surface area contributed by atoms with Gasteiger partial charge in [-0.25, -0.2) is 4.98 Å². The summed E-state index contributed by atoms with van der Waals surface area (Å²) in [6, 6.07) is 3.52. The molecule has 0 saturated heterocycles. The summed E-state index contributed by atoms with van der Waals surface area (Å²) >= 11 is 12.6. The fourth-order valence-electron chi connectivity index (χ4n) is 1.41. The highest BCUT2D eigenvalue weighted by molar-refractivity contribution is 7.15. The number of aromatic nitrogens is 1. The molecule has 1 aromatic heterocycles. The van der Waals surface area contributed by atoms with E-state index >= 15 is 0 Å². The topological polar surface area (TPSA) is 24.9 Å². The summed E-state index contributed by atoms with van der Waals surface area (Å²) in [5.74, 6) is 0. The largest absolute Gasteiger partial charge is 0.417 e. The third-order valence-electron chi connectivity index (χ3n) is 2.27. The maximum atomic E-state index is 12.5. The molecule has 1 heterocycles. The normalized spacial score (nSPS) is 11.6. The van der Waals surface area contributed by atoms with E-state index in [0.29, 0.717) is 16.7 Å². The first kappa shape index (κ1) is 14.4. The summed E-state index contributed by atoms with van der Waals surface area (Å²) in [5, 5.41) is 2.62. The van der Waals surface area contributed by atoms with Crippen LogP contribution in [0.5, 0.6) is 0 Å². The minimum atomic E-state index is -4.44. The number of rotatable bonds is 3. The van der Waals surface area contributed by atoms with E-state index in [9.17, 15) is 13.2 Å². The first-order valence-corrected chi connectivity index (χ1v) is 6.64. The number of nitrogens with one attached hydrogen (secondary N) is 1. The summed E-state index contributed by atoms with van der Waals surface area (Å²) in [6.07, 6.45) is -2.84. The molecule has 0 atom stereocenters. The SMILES string of the molecule is FC(F)(F)c1ccc(NCc2cnc(Cl)s2)cc1Cl. The summed E-state index contributed by atoms with van der Waals surface area (Å²) in [4.78, 5) is 4.74. The molecule has 0 fully saturated rings. The van der Waals surface area contributed by atoms with Crippen LogP contribution in [0.4, 0.5) is 18.9 Å². The third-order valence-corrected chi connectivity index (χ3v) is 3.69. The van der Waals surface area contributed by atoms with Gasteiger partial charge in [-0.15, -0.1) is 11.3 Å². The van der Waals surface area contributed by atoms with Gasteiger partial charge in [0.25, 0.3) is 0 Å². The van der Waals surface area contributed by atoms with Crippen LogP contribution < -0.4 is 5.32 Å². The lowest BCUT2D eigenvalue weighted by atomic mass is 10.2. The van der Waals surface area contributed by atoms with E-state index < -0.39 is 11.7 Å². The Morgan fingerprint density at radius 2 is 2.00 bits per heavy atom. The van der Waals surface area contributed by atoms with Gasteiger partial charge >= 0.3 is 6.18 Å². The molecule has 2 nitrogen and oxygen atoms in total. The number of benzene rings is 1. The van der Waals surface area contributed by atoms with Crippen LogP contribution in [0.25, 0.3) is 0 Å². The molecule has 2 aromatic rings. The monoisotopic (exact) mass is 326 g/mol. The van der Waals surface area contributed by atoms with Gasteiger partial charge in [-0.2, -0.15) is 13.2 Å². The van der Waals surface area contributed by atoms with Crippen molar-refractivity contribution in [3.05, 3.63) is 44.3 Å². The number of hydrogen-bond acceptors (Lipinski definition) is 3. The Morgan fingerprint density at radius 1 is 1.26 bits per heavy atom. The van der Waals surface area contributed by atoms with Crippen LogP contribution in [0.3, 0.4) is 0 Å². The van der Waals surface area contributed by atoms with Crippen LogP contribution in [0.15, 0.2) is 24.4 Å². The molecular formula is C11H7Cl2F3N2S. The van der Waals surface area contributed by atoms with Crippen LogP contribution >= 0.6 is 34.5 Å². The van der Waals surface area contributed by atoms with Crippen molar-refractivity contribution in [1.82, 2.24) is 4.98 Å². The van der Waals surface area contributed by atoms with Gasteiger partial charge in [0, 0.05) is 16.8 Å². The maximum Gasteiger partial charge on any atom is 0.417 e. The highest BCUT2D eigenvalue weighted by Gasteiger charge is 2.32. The van der Waals surface area contributed by atoms with Crippen molar-refractivity contribution in [3.63, 3.8) is 0 Å². The van der Waals surface area contributed by atoms with Crippen molar-refractivity contribution in [3.8, 4) is 0 Å². The van der Waals surface area contributed by atoms with Gasteiger partial charge in [0.15, 0.2) is 4.47 Å². The summed E-state index contributed by atoms with van der Waals surface area (Å²) in [7, 11) is 0. The van der Waals surface area contributed by atoms with E-state index in [1.54, 1.807) is 6.20 Å². The van der Waals surface area contributed by atoms with Gasteiger partial charge in [0.05, 0.1) is 17.1 Å². The molecule has 2 rings (SSSR count). The summed E-state index contributed by atoms with van der Waals surface area (Å²) in [5.41, 5.74) is -0.344. The lowest BCUT2D eigenvalue weighted by molar-refractivity contribution is -0.137. The van der Waals surface area contributed by atoms with Crippen molar-refractivity contribution in [2.24, 2.45) is 0 Å². The first-order chi connectivity index (χ1) is 8.86. The molecule has 1 aromatic carbocycles. The molecule has 19 heavy (non-hydrogen) atoms. The number of halogens is 5. The predicted octanol–water partition coefficient (Wildman–Crippen LogP) is 5.08. The standard InChI is InChI=1S/C11H7Cl2F3N2S/c12-9-3-6(1-2-8(9)11(14,15)16)17-4-7-5-18-10(13)19-7/h1-3,5,17H,4H2. The van der Waals surface area contributed by atoms with Crippen molar-refractivity contribution in [1.29, 1.82) is 0 Å². The molecule has 0 radical (unpaired) electrons. The van der Waals surface area contributed by atoms with E-state index in [2.05, 4.69) is 10.3 Å². The van der Waals surface area contributed by atoms with E-state index in [-0.39, 0.29) is 5.02 Å². The van der Waals surface area contributed by atoms with Gasteiger partial charge in [-0.3, -0.25) is 0 Å². The van der Waals surface area contributed by atoms with Crippen molar-refractivity contribution in [2.45, 2.75) is 12.7 Å². The molecular weight excluding hydrogens is 320 g/mol. The summed E-state index contributed by atoms with van der Waals surface area (Å²) in [6.45, 7) is 0.423. The summed E-state index contributed by atoms with van der Waals surface area (Å²) < 4.78 is 37.9. The van der Waals surface area contributed by atoms with Crippen LogP contribution in [0, 0.1) is 0 Å². The molecule has 102 valence electrons. The highest BCUT2D eigenvalue weighted by Crippen LogP contribution is 2.35. The number of anilines is 1. The van der Waals surface area contributed by atoms with Gasteiger partial charge in [-0.1, -0.05) is 23.2 Å². The highest BCUT2D eigenvalue weighted by atomic mass is 35.5. The molecule has 0 bridgehead atoms. The molecule has 0 saturated carbocycles. The fourth-order valence-corrected chi connectivity index (χ4v) is 2.61. The third kappa shape index (κ3) is 3.75. The first-order valence-electron chi connectivity index (χ1n) is 5.07. The molecule has 0 aliphatic rings. The lowest BCUT2D eigenvalue weighted by Gasteiger charge is -2.11. The lowest BCUT2D eigenvalue weighted by Crippen LogP contribution is -2.06. The Kier molecular flexibility index (Phi) is 4.23. The predicted molar refractivity (Wildman–Crippen MR) is 70.9 cm³/mol. The number of alkyl halides is 3. The quantitative estimate of drug-likeness (QED) is 0.850. The Labute approximate surface area is 121 Å². The maximum absolute atomic E-state index is 12.5. The Morgan fingerprint density at radius 3 is 2.53 bits per heavy atom. The fraction of sp³-hybridized carbons (Fsp3) is 0.182. The van der Waals surface area contributed by atoms with Gasteiger partial charge in [0.2, 0.25) is 0 Å². The second-order valence-corrected chi connectivity index (χ2v) is 5.73. The number of nitrogens with zero attached hydrogens (tertiary/aromatic N) is 1. The van der Waals surface area contributed by atoms with Gasteiger partial charge in [-0.05, 0) is 18.2 Å². The minimum Gasteiger partial charge on any atom is -0.380 e. The Hall–Kier alpha value is -0.980. The zero-order valence-electron chi connectivity index (χ0n) is 9.26.